The van der Waals surface area contributed by atoms with E-state index in [-0.39, 0.29) is 11.2 Å². The van der Waals surface area contributed by atoms with Crippen LogP contribution in [-0.2, 0) is 18.4 Å². The molecule has 0 saturated heterocycles. The number of benzene rings is 1. The van der Waals surface area contributed by atoms with E-state index in [0.717, 1.165) is 16.1 Å². The van der Waals surface area contributed by atoms with Gasteiger partial charge in [-0.2, -0.15) is 10.4 Å². The Hall–Kier alpha value is -2.30. The molecule has 0 aliphatic rings. The third kappa shape index (κ3) is 6.25. The van der Waals surface area contributed by atoms with Gasteiger partial charge in [0.1, 0.15) is 0 Å². The molecule has 2 aromatic rings. The van der Waals surface area contributed by atoms with Crippen LogP contribution in [0.25, 0.3) is 0 Å². The van der Waals surface area contributed by atoms with E-state index in [4.69, 9.17) is 5.26 Å². The van der Waals surface area contributed by atoms with E-state index >= 15 is 0 Å². The lowest BCUT2D eigenvalue weighted by atomic mass is 10.3. The van der Waals surface area contributed by atoms with E-state index in [2.05, 4.69) is 16.5 Å². The molecule has 6 nitrogen and oxygen atoms in total. The minimum absolute atomic E-state index is 0.0626. The second-order valence-electron chi connectivity index (χ2n) is 6.03. The molecule has 0 bridgehead atoms. The number of para-hydroxylation sites is 1. The zero-order valence-electron chi connectivity index (χ0n) is 14.8. The van der Waals surface area contributed by atoms with Crippen molar-refractivity contribution in [2.75, 3.05) is 18.9 Å². The number of aromatic nitrogens is 2. The number of nitriles is 1. The first-order valence-corrected chi connectivity index (χ1v) is 8.94. The number of nitrogens with one attached hydrogen (secondary N) is 1. The van der Waals surface area contributed by atoms with Gasteiger partial charge in [0.05, 0.1) is 24.5 Å². The van der Waals surface area contributed by atoms with E-state index < -0.39 is 0 Å². The van der Waals surface area contributed by atoms with E-state index in [0.29, 0.717) is 19.5 Å². The number of anilines is 1. The summed E-state index contributed by atoms with van der Waals surface area (Å²) in [5, 5.41) is 16.1. The molecule has 132 valence electrons. The normalized spacial score (nSPS) is 12.0. The number of likely N-dealkylation sites (N-methyl/N-ethyl adjacent to an activating group) is 1. The summed E-state index contributed by atoms with van der Waals surface area (Å²) >= 11 is 1.60. The summed E-state index contributed by atoms with van der Waals surface area (Å²) in [6.45, 7) is 2.96. The van der Waals surface area contributed by atoms with Crippen molar-refractivity contribution in [2.24, 2.45) is 7.05 Å². The first-order valence-electron chi connectivity index (χ1n) is 8.06. The summed E-state index contributed by atoms with van der Waals surface area (Å²) in [5.74, 6) is -0.0626. The van der Waals surface area contributed by atoms with Crippen molar-refractivity contribution in [1.29, 1.82) is 5.26 Å². The fraction of sp³-hybridized carbons (Fsp3) is 0.389. The van der Waals surface area contributed by atoms with Crippen LogP contribution in [-0.4, -0.2) is 39.4 Å². The van der Waals surface area contributed by atoms with Crippen molar-refractivity contribution in [3.05, 3.63) is 42.2 Å². The molecule has 0 radical (unpaired) electrons. The monoisotopic (exact) mass is 357 g/mol. The second kappa shape index (κ2) is 9.25. The molecule has 1 N–H and O–H groups in total. The number of amides is 1. The van der Waals surface area contributed by atoms with E-state index in [9.17, 15) is 4.79 Å². The van der Waals surface area contributed by atoms with Crippen LogP contribution in [0.1, 0.15) is 18.9 Å². The van der Waals surface area contributed by atoms with Crippen molar-refractivity contribution in [1.82, 2.24) is 14.7 Å². The number of thioether (sulfide) groups is 1. The fourth-order valence-corrected chi connectivity index (χ4v) is 3.41. The van der Waals surface area contributed by atoms with Gasteiger partial charge in [-0.25, -0.2) is 0 Å². The van der Waals surface area contributed by atoms with Gasteiger partial charge in [0.2, 0.25) is 5.91 Å². The molecule has 0 aliphatic carbocycles. The van der Waals surface area contributed by atoms with Crippen molar-refractivity contribution in [3.8, 4) is 6.07 Å². The maximum Gasteiger partial charge on any atom is 0.238 e. The Morgan fingerprint density at radius 2 is 2.24 bits per heavy atom. The zero-order chi connectivity index (χ0) is 18.2. The molecular formula is C18H23N5OS. The number of hydrogen-bond acceptors (Lipinski definition) is 5. The average Bonchev–Trinajstić information content (AvgIpc) is 2.94. The zero-order valence-corrected chi connectivity index (χ0v) is 15.6. The fourth-order valence-electron chi connectivity index (χ4n) is 2.42. The molecule has 7 heteroatoms. The average molecular weight is 357 g/mol. The topological polar surface area (TPSA) is 74.0 Å². The maximum absolute atomic E-state index is 12.3. The van der Waals surface area contributed by atoms with Gasteiger partial charge < -0.3 is 5.32 Å². The van der Waals surface area contributed by atoms with Crippen molar-refractivity contribution in [3.63, 3.8) is 0 Å². The molecule has 1 atom stereocenters. The summed E-state index contributed by atoms with van der Waals surface area (Å²) in [6.07, 6.45) is 4.22. The van der Waals surface area contributed by atoms with E-state index in [1.807, 2.05) is 56.4 Å². The standard InChI is InChI=1S/C18H23N5OS/c1-14(8-9-19)25-17-7-5-4-6-16(17)21-18(24)13-22(2)11-15-10-20-23(3)12-15/h4-7,10,12,14H,8,11,13H2,1-3H3,(H,21,24)/t14-/m1/s1. The Bertz CT molecular complexity index is 752. The summed E-state index contributed by atoms with van der Waals surface area (Å²) in [7, 11) is 3.78. The number of carbonyl (C=O) groups is 1. The van der Waals surface area contributed by atoms with Crippen LogP contribution >= 0.6 is 11.8 Å². The molecule has 1 heterocycles. The Morgan fingerprint density at radius 3 is 2.92 bits per heavy atom. The van der Waals surface area contributed by atoms with Crippen molar-refractivity contribution in [2.45, 2.75) is 30.0 Å². The molecule has 0 spiro atoms. The lowest BCUT2D eigenvalue weighted by Crippen LogP contribution is -2.29. The summed E-state index contributed by atoms with van der Waals surface area (Å²) in [6, 6.07) is 9.87. The van der Waals surface area contributed by atoms with Gasteiger partial charge in [0, 0.05) is 41.9 Å². The van der Waals surface area contributed by atoms with Gasteiger partial charge in [-0.05, 0) is 19.2 Å². The Kier molecular flexibility index (Phi) is 7.04. The van der Waals surface area contributed by atoms with E-state index in [1.165, 1.54) is 0 Å². The van der Waals surface area contributed by atoms with Crippen LogP contribution in [0, 0.1) is 11.3 Å². The van der Waals surface area contributed by atoms with Crippen LogP contribution in [0.15, 0.2) is 41.6 Å². The lowest BCUT2D eigenvalue weighted by molar-refractivity contribution is -0.117. The highest BCUT2D eigenvalue weighted by atomic mass is 32.2. The molecule has 1 aromatic carbocycles. The first-order chi connectivity index (χ1) is 12.0. The molecule has 1 aromatic heterocycles. The molecule has 0 saturated carbocycles. The van der Waals surface area contributed by atoms with Crippen LogP contribution in [0.2, 0.25) is 0 Å². The van der Waals surface area contributed by atoms with Gasteiger partial charge >= 0.3 is 0 Å². The number of hydrogen-bond donors (Lipinski definition) is 1. The van der Waals surface area contributed by atoms with Gasteiger partial charge in [-0.15, -0.1) is 11.8 Å². The molecule has 0 unspecified atom stereocenters. The number of aryl methyl sites for hydroxylation is 1. The number of nitrogens with zero attached hydrogens (tertiary/aromatic N) is 4. The highest BCUT2D eigenvalue weighted by Gasteiger charge is 2.12. The predicted octanol–water partition coefficient (Wildman–Crippen LogP) is 2.88. The minimum atomic E-state index is -0.0626. The smallest absolute Gasteiger partial charge is 0.238 e. The Balaban J connectivity index is 1.92. The quantitative estimate of drug-likeness (QED) is 0.735. The van der Waals surface area contributed by atoms with Crippen LogP contribution < -0.4 is 5.32 Å². The molecular weight excluding hydrogens is 334 g/mol. The van der Waals surface area contributed by atoms with Gasteiger partial charge in [-0.3, -0.25) is 14.4 Å². The molecule has 1 amide bonds. The van der Waals surface area contributed by atoms with Crippen molar-refractivity contribution < 1.29 is 4.79 Å². The summed E-state index contributed by atoms with van der Waals surface area (Å²) in [4.78, 5) is 15.3. The lowest BCUT2D eigenvalue weighted by Gasteiger charge is -2.17. The molecule has 0 aliphatic heterocycles. The summed E-state index contributed by atoms with van der Waals surface area (Å²) in [5.41, 5.74) is 1.86. The Morgan fingerprint density at radius 1 is 1.48 bits per heavy atom. The highest BCUT2D eigenvalue weighted by Crippen LogP contribution is 2.31. The third-order valence-corrected chi connectivity index (χ3v) is 4.67. The maximum atomic E-state index is 12.3. The van der Waals surface area contributed by atoms with Gasteiger partial charge in [0.15, 0.2) is 0 Å². The van der Waals surface area contributed by atoms with Crippen LogP contribution in [0.3, 0.4) is 0 Å². The Labute approximate surface area is 152 Å². The minimum Gasteiger partial charge on any atom is -0.324 e. The van der Waals surface area contributed by atoms with Gasteiger partial charge in [-0.1, -0.05) is 19.1 Å². The van der Waals surface area contributed by atoms with Gasteiger partial charge in [0.25, 0.3) is 0 Å². The molecule has 2 rings (SSSR count). The molecule has 0 fully saturated rings. The highest BCUT2D eigenvalue weighted by molar-refractivity contribution is 8.00. The first kappa shape index (κ1) is 19.0. The van der Waals surface area contributed by atoms with Crippen LogP contribution in [0.4, 0.5) is 5.69 Å². The SMILES string of the molecule is C[C@H](CC#N)Sc1ccccc1NC(=O)CN(C)Cc1cnn(C)c1. The van der Waals surface area contributed by atoms with Crippen molar-refractivity contribution >= 4 is 23.4 Å². The molecule has 25 heavy (non-hydrogen) atoms. The third-order valence-electron chi connectivity index (χ3n) is 3.49. The number of carbonyl (C=O) groups excluding carboxylic acids is 1. The van der Waals surface area contributed by atoms with Crippen LogP contribution in [0.5, 0.6) is 0 Å². The van der Waals surface area contributed by atoms with E-state index in [1.54, 1.807) is 22.6 Å². The largest absolute Gasteiger partial charge is 0.324 e. The second-order valence-corrected chi connectivity index (χ2v) is 7.51. The predicted molar refractivity (Wildman–Crippen MR) is 100 cm³/mol. The summed E-state index contributed by atoms with van der Waals surface area (Å²) < 4.78 is 1.75. The number of rotatable bonds is 8.